The van der Waals surface area contributed by atoms with Gasteiger partial charge in [0.2, 0.25) is 17.5 Å². The van der Waals surface area contributed by atoms with Gasteiger partial charge in [-0.1, -0.05) is 0 Å². The summed E-state index contributed by atoms with van der Waals surface area (Å²) in [5, 5.41) is 12.4. The van der Waals surface area contributed by atoms with Crippen LogP contribution in [0.3, 0.4) is 0 Å². The molecule has 2 aromatic heterocycles. The average Bonchev–Trinajstić information content (AvgIpc) is 3.38. The molecule has 2 heterocycles. The maximum absolute atomic E-state index is 13.6. The van der Waals surface area contributed by atoms with Gasteiger partial charge in [0.05, 0.1) is 11.9 Å². The van der Waals surface area contributed by atoms with Crippen molar-refractivity contribution >= 4 is 23.2 Å². The van der Waals surface area contributed by atoms with E-state index in [1.54, 1.807) is 6.92 Å². The number of hydrogen-bond acceptors (Lipinski definition) is 5. The number of aryl methyl sites for hydroxylation is 2. The second-order valence-corrected chi connectivity index (χ2v) is 8.42. The Kier molecular flexibility index (Phi) is 5.43. The molecule has 2 N–H and O–H groups in total. The van der Waals surface area contributed by atoms with Gasteiger partial charge in [0, 0.05) is 49.2 Å². The van der Waals surface area contributed by atoms with Crippen molar-refractivity contribution in [3.63, 3.8) is 0 Å². The second-order valence-electron chi connectivity index (χ2n) is 8.42. The quantitative estimate of drug-likeness (QED) is 0.416. The van der Waals surface area contributed by atoms with E-state index in [1.165, 1.54) is 48.3 Å². The zero-order chi connectivity index (χ0) is 24.0. The predicted molar refractivity (Wildman–Crippen MR) is 111 cm³/mol. The van der Waals surface area contributed by atoms with Crippen LogP contribution in [-0.4, -0.2) is 43.4 Å². The number of ketones is 2. The molecule has 0 atom stereocenters. The summed E-state index contributed by atoms with van der Waals surface area (Å²) in [5.74, 6) is -5.67. The molecule has 33 heavy (non-hydrogen) atoms. The Hall–Kier alpha value is -3.76. The minimum absolute atomic E-state index is 0.0377. The number of aromatic nitrogens is 4. The highest BCUT2D eigenvalue weighted by Gasteiger charge is 2.59. The van der Waals surface area contributed by atoms with E-state index in [2.05, 4.69) is 20.7 Å². The fraction of sp³-hybridized carbons (Fsp3) is 0.318. The molecule has 1 amide bonds. The summed E-state index contributed by atoms with van der Waals surface area (Å²) in [6, 6.07) is 5.34. The number of hydrogen-bond donors (Lipinski definition) is 2. The van der Waals surface area contributed by atoms with E-state index < -0.39 is 53.9 Å². The van der Waals surface area contributed by atoms with E-state index in [1.807, 2.05) is 0 Å². The van der Waals surface area contributed by atoms with E-state index >= 15 is 0 Å². The third-order valence-corrected chi connectivity index (χ3v) is 5.82. The van der Waals surface area contributed by atoms with Crippen molar-refractivity contribution in [2.75, 3.05) is 5.32 Å². The van der Waals surface area contributed by atoms with Crippen molar-refractivity contribution in [3.05, 3.63) is 65.0 Å². The number of H-pyrrole nitrogens is 1. The van der Waals surface area contributed by atoms with Crippen LogP contribution < -0.4 is 5.32 Å². The number of aromatic amines is 1. The molecule has 0 unspecified atom stereocenters. The first kappa shape index (κ1) is 22.4. The molecule has 1 fully saturated rings. The number of carbonyl (C=O) groups excluding carboxylic acids is 3. The number of amides is 1. The van der Waals surface area contributed by atoms with Gasteiger partial charge < -0.3 is 9.88 Å². The molecule has 11 heteroatoms. The lowest BCUT2D eigenvalue weighted by molar-refractivity contribution is -0.139. The Morgan fingerprint density at radius 2 is 1.94 bits per heavy atom. The van der Waals surface area contributed by atoms with Gasteiger partial charge in [0.25, 0.3) is 5.91 Å². The Labute approximate surface area is 186 Å². The molecule has 1 aromatic carbocycles. The highest BCUT2D eigenvalue weighted by Crippen LogP contribution is 2.54. The maximum atomic E-state index is 13.6. The van der Waals surface area contributed by atoms with Crippen LogP contribution in [0.1, 0.15) is 51.4 Å². The number of nitrogens with zero attached hydrogens (tertiary/aromatic N) is 3. The monoisotopic (exact) mass is 459 g/mol. The third kappa shape index (κ3) is 4.30. The van der Waals surface area contributed by atoms with Crippen LogP contribution >= 0.6 is 0 Å². The topological polar surface area (TPSA) is 110 Å². The Morgan fingerprint density at radius 1 is 1.21 bits per heavy atom. The predicted octanol–water partition coefficient (Wildman–Crippen LogP) is 3.35. The summed E-state index contributed by atoms with van der Waals surface area (Å²) in [5.41, 5.74) is -0.289. The van der Waals surface area contributed by atoms with E-state index in [4.69, 9.17) is 0 Å². The summed E-state index contributed by atoms with van der Waals surface area (Å²) < 4.78 is 42.1. The molecule has 0 bridgehead atoms. The largest absolute Gasteiger partial charge is 0.346 e. The molecule has 4 rings (SSSR count). The van der Waals surface area contributed by atoms with Crippen LogP contribution in [0.25, 0.3) is 0 Å². The number of benzene rings is 1. The number of anilines is 1. The smallest absolute Gasteiger partial charge is 0.272 e. The molecule has 0 radical (unpaired) electrons. The van der Waals surface area contributed by atoms with Crippen molar-refractivity contribution in [1.82, 2.24) is 20.0 Å². The lowest BCUT2D eigenvalue weighted by atomic mass is 9.61. The summed E-state index contributed by atoms with van der Waals surface area (Å²) in [4.78, 5) is 38.1. The molecule has 8 nitrogen and oxygen atoms in total. The van der Waals surface area contributed by atoms with Gasteiger partial charge in [0.15, 0.2) is 0 Å². The molecule has 1 aliphatic rings. The Balaban J connectivity index is 1.50. The number of rotatable bonds is 7. The lowest BCUT2D eigenvalue weighted by Gasteiger charge is -2.45. The second kappa shape index (κ2) is 7.98. The lowest BCUT2D eigenvalue weighted by Crippen LogP contribution is -2.51. The molecular formula is C22H20F3N5O3. The van der Waals surface area contributed by atoms with Crippen molar-refractivity contribution in [3.8, 4) is 0 Å². The zero-order valence-corrected chi connectivity index (χ0v) is 17.8. The van der Waals surface area contributed by atoms with Crippen molar-refractivity contribution in [2.24, 2.45) is 7.05 Å². The van der Waals surface area contributed by atoms with Crippen LogP contribution in [0.15, 0.2) is 36.7 Å². The van der Waals surface area contributed by atoms with Gasteiger partial charge in [-0.2, -0.15) is 15.4 Å². The van der Waals surface area contributed by atoms with Gasteiger partial charge in [0.1, 0.15) is 11.5 Å². The molecule has 1 aliphatic carbocycles. The summed E-state index contributed by atoms with van der Waals surface area (Å²) >= 11 is 0. The molecular weight excluding hydrogens is 439 g/mol. The molecule has 172 valence electrons. The van der Waals surface area contributed by atoms with E-state index in [0.29, 0.717) is 11.3 Å². The number of alkyl halides is 2. The number of nitrogens with one attached hydrogen (secondary N) is 2. The minimum atomic E-state index is -2.95. The van der Waals surface area contributed by atoms with Crippen molar-refractivity contribution < 1.29 is 27.6 Å². The van der Waals surface area contributed by atoms with Crippen LogP contribution in [0.4, 0.5) is 18.9 Å². The number of Topliss-reactive ketones (excluding diaryl/α,β-unsaturated/α-hetero) is 2. The van der Waals surface area contributed by atoms with Gasteiger partial charge in [-0.05, 0) is 36.8 Å². The van der Waals surface area contributed by atoms with Crippen molar-refractivity contribution in [1.29, 1.82) is 0 Å². The first-order valence-electron chi connectivity index (χ1n) is 10.1. The average molecular weight is 459 g/mol. The summed E-state index contributed by atoms with van der Waals surface area (Å²) in [7, 11) is 1.52. The summed E-state index contributed by atoms with van der Waals surface area (Å²) in [6.07, 6.45) is 0.938. The molecule has 0 aliphatic heterocycles. The van der Waals surface area contributed by atoms with E-state index in [9.17, 15) is 27.6 Å². The molecule has 0 spiro atoms. The van der Waals surface area contributed by atoms with Crippen LogP contribution in [-0.2, 0) is 17.3 Å². The highest BCUT2D eigenvalue weighted by atomic mass is 19.3. The third-order valence-electron chi connectivity index (χ3n) is 5.82. The van der Waals surface area contributed by atoms with E-state index in [0.717, 1.165) is 0 Å². The Morgan fingerprint density at radius 3 is 2.55 bits per heavy atom. The number of halogens is 3. The Bertz CT molecular complexity index is 1240. The first-order valence-corrected chi connectivity index (χ1v) is 10.1. The number of carbonyl (C=O) groups is 3. The van der Waals surface area contributed by atoms with Gasteiger partial charge >= 0.3 is 0 Å². The first-order chi connectivity index (χ1) is 15.5. The molecule has 3 aromatic rings. The van der Waals surface area contributed by atoms with Crippen LogP contribution in [0, 0.1) is 12.7 Å². The molecule has 0 saturated heterocycles. The maximum Gasteiger partial charge on any atom is 0.272 e. The van der Waals surface area contributed by atoms with Crippen LogP contribution in [0.2, 0.25) is 0 Å². The highest BCUT2D eigenvalue weighted by molar-refractivity contribution is 6.44. The van der Waals surface area contributed by atoms with E-state index in [-0.39, 0.29) is 17.0 Å². The van der Waals surface area contributed by atoms with Crippen LogP contribution in [0.5, 0.6) is 0 Å². The fourth-order valence-electron chi connectivity index (χ4n) is 4.17. The zero-order valence-electron chi connectivity index (χ0n) is 17.8. The minimum Gasteiger partial charge on any atom is -0.346 e. The fourth-order valence-corrected chi connectivity index (χ4v) is 4.17. The SMILES string of the molecule is Cc1cc(NC(=O)c2cc(C(=O)C(=O)CC3(c4cn[nH]n4)CC(F)(F)C3)cn2C)ccc1F. The van der Waals surface area contributed by atoms with Gasteiger partial charge in [-0.15, -0.1) is 0 Å². The van der Waals surface area contributed by atoms with Gasteiger partial charge in [-0.25, -0.2) is 13.2 Å². The normalized spacial score (nSPS) is 16.2. The standard InChI is InChI=1S/C22H20F3N5O3/c1-12-5-14(3-4-15(12)23)27-20(33)16-6-13(9-30(16)2)19(32)17(31)7-21(10-22(24,25)11-21)18-8-26-29-28-18/h3-6,8-9H,7,10-11H2,1-2H3,(H,27,33)(H,26,28,29). The summed E-state index contributed by atoms with van der Waals surface area (Å²) in [6.45, 7) is 1.56. The van der Waals surface area contributed by atoms with Crippen molar-refractivity contribution in [2.45, 2.75) is 37.5 Å². The van der Waals surface area contributed by atoms with Gasteiger partial charge in [-0.3, -0.25) is 14.4 Å². The molecule has 1 saturated carbocycles.